The molecule has 0 atom stereocenters. The maximum absolute atomic E-state index is 12.1. The number of hydrazine groups is 2. The van der Waals surface area contributed by atoms with Crippen LogP contribution in [0.5, 0.6) is 5.75 Å². The molecule has 4 N–H and O–H groups in total. The number of hydrogen-bond acceptors (Lipinski definition) is 10. The lowest BCUT2D eigenvalue weighted by molar-refractivity contribution is -0.383. The van der Waals surface area contributed by atoms with Crippen LogP contribution in [0.1, 0.15) is 10.4 Å². The maximum atomic E-state index is 12.1. The van der Waals surface area contributed by atoms with Crippen LogP contribution in [0, 0.1) is 10.1 Å². The number of amides is 2. The van der Waals surface area contributed by atoms with Crippen molar-refractivity contribution in [1.82, 2.24) is 25.8 Å². The van der Waals surface area contributed by atoms with Crippen LogP contribution in [-0.4, -0.2) is 38.3 Å². The Morgan fingerprint density at radius 3 is 2.35 bits per heavy atom. The van der Waals surface area contributed by atoms with Crippen molar-refractivity contribution in [2.24, 2.45) is 0 Å². The van der Waals surface area contributed by atoms with E-state index in [1.165, 1.54) is 18.5 Å². The van der Waals surface area contributed by atoms with Crippen LogP contribution in [0.2, 0.25) is 0 Å². The van der Waals surface area contributed by atoms with Gasteiger partial charge in [0.2, 0.25) is 11.6 Å². The van der Waals surface area contributed by atoms with Gasteiger partial charge in [0, 0.05) is 12.4 Å². The number of nitrogens with zero attached hydrogens (tertiary/aromatic N) is 4. The van der Waals surface area contributed by atoms with Crippen molar-refractivity contribution in [1.29, 1.82) is 0 Å². The lowest BCUT2D eigenvalue weighted by Crippen LogP contribution is -2.34. The van der Waals surface area contributed by atoms with E-state index in [2.05, 4.69) is 36.7 Å². The number of nitrogens with one attached hydrogen (secondary N) is 4. The molecule has 31 heavy (non-hydrogen) atoms. The van der Waals surface area contributed by atoms with Crippen LogP contribution < -0.4 is 26.4 Å². The summed E-state index contributed by atoms with van der Waals surface area (Å²) in [6, 6.07) is 11.7. The number of anilines is 2. The van der Waals surface area contributed by atoms with Crippen LogP contribution in [-0.2, 0) is 4.79 Å². The summed E-state index contributed by atoms with van der Waals surface area (Å²) in [7, 11) is 0. The lowest BCUT2D eigenvalue weighted by Gasteiger charge is -2.12. The monoisotopic (exact) mass is 424 g/mol. The molecule has 0 aliphatic rings. The first-order valence-electron chi connectivity index (χ1n) is 8.73. The second-order valence-corrected chi connectivity index (χ2v) is 5.77. The van der Waals surface area contributed by atoms with E-state index in [0.29, 0.717) is 5.75 Å². The molecule has 0 bridgehead atoms. The van der Waals surface area contributed by atoms with E-state index >= 15 is 0 Å². The molecule has 1 aromatic carbocycles. The number of carbonyl (C=O) groups excluding carboxylic acids is 2. The molecule has 2 aromatic heterocycles. The number of ether oxygens (including phenoxy) is 1. The molecule has 0 radical (unpaired) electrons. The average Bonchev–Trinajstić information content (AvgIpc) is 2.80. The van der Waals surface area contributed by atoms with Crippen LogP contribution in [0.25, 0.3) is 0 Å². The first kappa shape index (κ1) is 20.9. The fourth-order valence-corrected chi connectivity index (χ4v) is 2.25. The smallest absolute Gasteiger partial charge is 0.356 e. The average molecular weight is 424 g/mol. The zero-order valence-electron chi connectivity index (χ0n) is 15.8. The predicted octanol–water partition coefficient (Wildman–Crippen LogP) is 1.06. The Morgan fingerprint density at radius 2 is 1.71 bits per heavy atom. The number of hydrogen-bond donors (Lipinski definition) is 4. The van der Waals surface area contributed by atoms with Crippen molar-refractivity contribution in [2.75, 3.05) is 17.5 Å². The van der Waals surface area contributed by atoms with Gasteiger partial charge in [0.25, 0.3) is 11.8 Å². The summed E-state index contributed by atoms with van der Waals surface area (Å²) in [6.45, 7) is -0.331. The van der Waals surface area contributed by atoms with Gasteiger partial charge in [-0.05, 0) is 24.3 Å². The van der Waals surface area contributed by atoms with Crippen LogP contribution in [0.4, 0.5) is 17.3 Å². The highest BCUT2D eigenvalue weighted by Gasteiger charge is 2.24. The van der Waals surface area contributed by atoms with Crippen molar-refractivity contribution in [3.8, 4) is 5.75 Å². The van der Waals surface area contributed by atoms with Gasteiger partial charge in [-0.25, -0.2) is 9.97 Å². The van der Waals surface area contributed by atoms with Gasteiger partial charge in [0.1, 0.15) is 12.1 Å². The van der Waals surface area contributed by atoms with Gasteiger partial charge in [-0.3, -0.25) is 46.4 Å². The molecule has 13 nitrogen and oxygen atoms in total. The van der Waals surface area contributed by atoms with E-state index in [4.69, 9.17) is 4.74 Å². The maximum Gasteiger partial charge on any atom is 0.356 e. The largest absolute Gasteiger partial charge is 0.484 e. The van der Waals surface area contributed by atoms with Gasteiger partial charge in [-0.2, -0.15) is 0 Å². The zero-order valence-corrected chi connectivity index (χ0v) is 15.8. The standard InChI is InChI=1S/C18H16N8O5/c27-14(10-31-13-6-2-1-3-7-13)22-23-16-15(26(29)30)17(21-11-20-16)24-25-18(28)12-5-4-8-19-9-12/h1-9,11H,10H2,(H,22,27)(H,25,28)(H2,20,21,23,24). The molecule has 0 saturated heterocycles. The molecule has 0 aliphatic carbocycles. The minimum Gasteiger partial charge on any atom is -0.484 e. The van der Waals surface area contributed by atoms with Crippen LogP contribution in [0.3, 0.4) is 0 Å². The molecule has 0 unspecified atom stereocenters. The summed E-state index contributed by atoms with van der Waals surface area (Å²) in [4.78, 5) is 46.1. The Labute approximate surface area is 175 Å². The van der Waals surface area contributed by atoms with Crippen molar-refractivity contribution in [2.45, 2.75) is 0 Å². The molecule has 3 rings (SSSR count). The molecule has 0 aliphatic heterocycles. The number of rotatable bonds is 9. The van der Waals surface area contributed by atoms with Gasteiger partial charge >= 0.3 is 5.69 Å². The number of nitro groups is 1. The van der Waals surface area contributed by atoms with Crippen molar-refractivity contribution >= 4 is 29.1 Å². The second kappa shape index (κ2) is 10.1. The van der Waals surface area contributed by atoms with Gasteiger partial charge in [0.15, 0.2) is 6.61 Å². The van der Waals surface area contributed by atoms with Crippen molar-refractivity contribution in [3.05, 3.63) is 76.9 Å². The van der Waals surface area contributed by atoms with Crippen LogP contribution in [0.15, 0.2) is 61.2 Å². The minimum atomic E-state index is -0.770. The number of pyridine rings is 1. The number of aromatic nitrogens is 3. The Hall–Kier alpha value is -4.81. The van der Waals surface area contributed by atoms with Gasteiger partial charge < -0.3 is 4.74 Å². The minimum absolute atomic E-state index is 0.232. The van der Waals surface area contributed by atoms with E-state index in [-0.39, 0.29) is 23.8 Å². The Balaban J connectivity index is 1.62. The summed E-state index contributed by atoms with van der Waals surface area (Å²) < 4.78 is 5.28. The fraction of sp³-hybridized carbons (Fsp3) is 0.0556. The van der Waals surface area contributed by atoms with E-state index in [1.54, 1.807) is 36.4 Å². The van der Waals surface area contributed by atoms with Gasteiger partial charge in [-0.1, -0.05) is 18.2 Å². The van der Waals surface area contributed by atoms with Gasteiger partial charge in [-0.15, -0.1) is 0 Å². The fourth-order valence-electron chi connectivity index (χ4n) is 2.25. The summed E-state index contributed by atoms with van der Waals surface area (Å²) >= 11 is 0. The van der Waals surface area contributed by atoms with E-state index in [9.17, 15) is 19.7 Å². The highest BCUT2D eigenvalue weighted by molar-refractivity contribution is 5.94. The topological polar surface area (TPSA) is 173 Å². The van der Waals surface area contributed by atoms with E-state index in [0.717, 1.165) is 6.33 Å². The molecular weight excluding hydrogens is 408 g/mol. The summed E-state index contributed by atoms with van der Waals surface area (Å²) in [6.07, 6.45) is 3.84. The molecule has 0 fully saturated rings. The quantitative estimate of drug-likeness (QED) is 0.287. The summed E-state index contributed by atoms with van der Waals surface area (Å²) in [5, 5.41) is 11.5. The lowest BCUT2D eigenvalue weighted by atomic mass is 10.3. The Morgan fingerprint density at radius 1 is 1.00 bits per heavy atom. The summed E-state index contributed by atoms with van der Waals surface area (Å²) in [5.41, 5.74) is 8.89. The first-order valence-corrected chi connectivity index (χ1v) is 8.73. The molecular formula is C18H16N8O5. The Kier molecular flexibility index (Phi) is 6.82. The third-order valence-electron chi connectivity index (χ3n) is 3.66. The number of carbonyl (C=O) groups is 2. The molecule has 158 valence electrons. The third-order valence-corrected chi connectivity index (χ3v) is 3.66. The van der Waals surface area contributed by atoms with Gasteiger partial charge in [0.05, 0.1) is 10.5 Å². The van der Waals surface area contributed by atoms with E-state index in [1.807, 2.05) is 0 Å². The molecule has 0 spiro atoms. The third kappa shape index (κ3) is 5.83. The van der Waals surface area contributed by atoms with E-state index < -0.39 is 22.4 Å². The molecule has 2 amide bonds. The molecule has 13 heteroatoms. The van der Waals surface area contributed by atoms with Crippen LogP contribution >= 0.6 is 0 Å². The predicted molar refractivity (Wildman–Crippen MR) is 108 cm³/mol. The summed E-state index contributed by atoms with van der Waals surface area (Å²) in [5.74, 6) is -1.29. The molecule has 0 saturated carbocycles. The SMILES string of the molecule is O=C(COc1ccccc1)NNc1ncnc(NNC(=O)c2cccnc2)c1[N+](=O)[O-]. The normalized spacial score (nSPS) is 9.94. The second-order valence-electron chi connectivity index (χ2n) is 5.77. The van der Waals surface area contributed by atoms with Crippen molar-refractivity contribution < 1.29 is 19.2 Å². The highest BCUT2D eigenvalue weighted by Crippen LogP contribution is 2.27. The first-order chi connectivity index (χ1) is 15.0. The Bertz CT molecular complexity index is 1070. The zero-order chi connectivity index (χ0) is 22.1. The molecule has 2 heterocycles. The number of benzene rings is 1. The highest BCUT2D eigenvalue weighted by atomic mass is 16.6. The van der Waals surface area contributed by atoms with Crippen molar-refractivity contribution in [3.63, 3.8) is 0 Å². The molecule has 3 aromatic rings. The number of para-hydroxylation sites is 1.